The molecule has 1 aromatic heterocycles. The van der Waals surface area contributed by atoms with Gasteiger partial charge in [-0.1, -0.05) is 0 Å². The highest BCUT2D eigenvalue weighted by molar-refractivity contribution is 5.73. The minimum atomic E-state index is -0.0742. The maximum atomic E-state index is 11.8. The molecule has 1 aliphatic rings. The van der Waals surface area contributed by atoms with Gasteiger partial charge in [-0.05, 0) is 44.4 Å². The first-order valence-electron chi connectivity index (χ1n) is 6.55. The number of anilines is 1. The van der Waals surface area contributed by atoms with Crippen LogP contribution in [0.5, 0.6) is 0 Å². The van der Waals surface area contributed by atoms with Crippen LogP contribution in [0.4, 0.5) is 5.82 Å². The van der Waals surface area contributed by atoms with E-state index < -0.39 is 0 Å². The Hall–Kier alpha value is -1.58. The number of piperidine rings is 1. The van der Waals surface area contributed by atoms with Crippen molar-refractivity contribution in [3.05, 3.63) is 23.9 Å². The number of esters is 1. The van der Waals surface area contributed by atoms with Gasteiger partial charge >= 0.3 is 5.97 Å². The Bertz CT molecular complexity index is 420. The van der Waals surface area contributed by atoms with Crippen LogP contribution in [0.2, 0.25) is 0 Å². The summed E-state index contributed by atoms with van der Waals surface area (Å²) in [4.78, 5) is 18.3. The molecule has 1 aliphatic heterocycles. The molecule has 0 N–H and O–H groups in total. The molecule has 1 aromatic rings. The van der Waals surface area contributed by atoms with Crippen molar-refractivity contribution in [2.24, 2.45) is 5.92 Å². The third-order valence-corrected chi connectivity index (χ3v) is 3.27. The van der Waals surface area contributed by atoms with E-state index in [-0.39, 0.29) is 11.9 Å². The van der Waals surface area contributed by atoms with E-state index in [1.54, 1.807) is 0 Å². The molecule has 98 valence electrons. The summed E-state index contributed by atoms with van der Waals surface area (Å²) in [6.45, 7) is 6.04. The molecule has 0 bridgehead atoms. The lowest BCUT2D eigenvalue weighted by atomic mass is 9.98. The van der Waals surface area contributed by atoms with E-state index in [9.17, 15) is 4.79 Å². The number of aryl methyl sites for hydroxylation is 1. The van der Waals surface area contributed by atoms with Crippen LogP contribution in [-0.4, -0.2) is 30.6 Å². The van der Waals surface area contributed by atoms with Crippen LogP contribution in [0.1, 0.15) is 25.3 Å². The number of carbonyl (C=O) groups excluding carboxylic acids is 1. The lowest BCUT2D eigenvalue weighted by Crippen LogP contribution is -2.39. The largest absolute Gasteiger partial charge is 0.466 e. The zero-order valence-electron chi connectivity index (χ0n) is 11.1. The lowest BCUT2D eigenvalue weighted by molar-refractivity contribution is -0.148. The van der Waals surface area contributed by atoms with Crippen molar-refractivity contribution in [3.8, 4) is 0 Å². The van der Waals surface area contributed by atoms with Crippen LogP contribution in [0.3, 0.4) is 0 Å². The van der Waals surface area contributed by atoms with Crippen molar-refractivity contribution >= 4 is 11.8 Å². The van der Waals surface area contributed by atoms with E-state index in [4.69, 9.17) is 4.74 Å². The molecule has 0 spiro atoms. The molecule has 0 aromatic carbocycles. The fraction of sp³-hybridized carbons (Fsp3) is 0.571. The van der Waals surface area contributed by atoms with Gasteiger partial charge in [0.15, 0.2) is 0 Å². The monoisotopic (exact) mass is 248 g/mol. The fourth-order valence-electron chi connectivity index (χ4n) is 2.33. The number of aromatic nitrogens is 1. The Morgan fingerprint density at radius 2 is 2.44 bits per heavy atom. The number of hydrogen-bond acceptors (Lipinski definition) is 4. The predicted octanol–water partition coefficient (Wildman–Crippen LogP) is 2.17. The molecule has 1 saturated heterocycles. The van der Waals surface area contributed by atoms with Crippen molar-refractivity contribution in [3.63, 3.8) is 0 Å². The highest BCUT2D eigenvalue weighted by atomic mass is 16.5. The second-order valence-corrected chi connectivity index (χ2v) is 4.73. The van der Waals surface area contributed by atoms with Crippen molar-refractivity contribution in [1.29, 1.82) is 0 Å². The average Bonchev–Trinajstić information content (AvgIpc) is 2.39. The van der Waals surface area contributed by atoms with Crippen LogP contribution in [0.25, 0.3) is 0 Å². The number of hydrogen-bond donors (Lipinski definition) is 0. The smallest absolute Gasteiger partial charge is 0.310 e. The molecular weight excluding hydrogens is 228 g/mol. The second kappa shape index (κ2) is 5.85. The van der Waals surface area contributed by atoms with Crippen molar-refractivity contribution in [1.82, 2.24) is 4.98 Å². The first kappa shape index (κ1) is 12.9. The van der Waals surface area contributed by atoms with E-state index in [0.717, 1.165) is 31.7 Å². The number of pyridine rings is 1. The van der Waals surface area contributed by atoms with Gasteiger partial charge in [-0.3, -0.25) is 4.79 Å². The summed E-state index contributed by atoms with van der Waals surface area (Å²) >= 11 is 0. The highest BCUT2D eigenvalue weighted by Crippen LogP contribution is 2.22. The first-order chi connectivity index (χ1) is 8.70. The average molecular weight is 248 g/mol. The first-order valence-corrected chi connectivity index (χ1v) is 6.55. The molecule has 1 fully saturated rings. The van der Waals surface area contributed by atoms with Crippen molar-refractivity contribution in [2.45, 2.75) is 26.7 Å². The van der Waals surface area contributed by atoms with Crippen LogP contribution in [-0.2, 0) is 9.53 Å². The van der Waals surface area contributed by atoms with Gasteiger partial charge in [0.1, 0.15) is 5.82 Å². The summed E-state index contributed by atoms with van der Waals surface area (Å²) in [5.74, 6) is 0.875. The van der Waals surface area contributed by atoms with Crippen LogP contribution >= 0.6 is 0 Å². The van der Waals surface area contributed by atoms with Crippen molar-refractivity contribution in [2.75, 3.05) is 24.6 Å². The minimum Gasteiger partial charge on any atom is -0.466 e. The summed E-state index contributed by atoms with van der Waals surface area (Å²) in [7, 11) is 0. The number of nitrogens with zero attached hydrogens (tertiary/aromatic N) is 2. The third-order valence-electron chi connectivity index (χ3n) is 3.27. The summed E-state index contributed by atoms with van der Waals surface area (Å²) in [5.41, 5.74) is 1.19. The summed E-state index contributed by atoms with van der Waals surface area (Å²) in [5, 5.41) is 0. The molecular formula is C14H20N2O2. The molecule has 0 radical (unpaired) electrons. The van der Waals surface area contributed by atoms with Crippen LogP contribution in [0.15, 0.2) is 18.3 Å². The zero-order chi connectivity index (χ0) is 13.0. The number of carbonyl (C=O) groups is 1. The van der Waals surface area contributed by atoms with E-state index >= 15 is 0 Å². The van der Waals surface area contributed by atoms with E-state index in [2.05, 4.69) is 22.9 Å². The van der Waals surface area contributed by atoms with Gasteiger partial charge in [0.05, 0.1) is 12.5 Å². The normalized spacial score (nSPS) is 19.7. The molecule has 1 atom stereocenters. The van der Waals surface area contributed by atoms with Gasteiger partial charge in [-0.15, -0.1) is 0 Å². The van der Waals surface area contributed by atoms with Crippen molar-refractivity contribution < 1.29 is 9.53 Å². The predicted molar refractivity (Wildman–Crippen MR) is 70.5 cm³/mol. The topological polar surface area (TPSA) is 42.4 Å². The van der Waals surface area contributed by atoms with Gasteiger partial charge < -0.3 is 9.64 Å². The summed E-state index contributed by atoms with van der Waals surface area (Å²) in [6, 6.07) is 4.05. The molecule has 0 saturated carbocycles. The molecule has 2 rings (SSSR count). The quantitative estimate of drug-likeness (QED) is 0.769. The molecule has 4 nitrogen and oxygen atoms in total. The van der Waals surface area contributed by atoms with Crippen LogP contribution < -0.4 is 4.90 Å². The Balaban J connectivity index is 2.04. The molecule has 4 heteroatoms. The van der Waals surface area contributed by atoms with Gasteiger partial charge in [0.25, 0.3) is 0 Å². The lowest BCUT2D eigenvalue weighted by Gasteiger charge is -2.32. The highest BCUT2D eigenvalue weighted by Gasteiger charge is 2.27. The van der Waals surface area contributed by atoms with Gasteiger partial charge in [0, 0.05) is 19.3 Å². The maximum absolute atomic E-state index is 11.8. The molecule has 1 unspecified atom stereocenters. The van der Waals surface area contributed by atoms with Crippen LogP contribution in [0, 0.1) is 12.8 Å². The zero-order valence-corrected chi connectivity index (χ0v) is 11.1. The Morgan fingerprint density at radius 1 is 1.61 bits per heavy atom. The van der Waals surface area contributed by atoms with Gasteiger partial charge in [-0.25, -0.2) is 4.98 Å². The number of ether oxygens (including phenoxy) is 1. The van der Waals surface area contributed by atoms with Gasteiger partial charge in [-0.2, -0.15) is 0 Å². The molecule has 18 heavy (non-hydrogen) atoms. The molecule has 2 heterocycles. The Kier molecular flexibility index (Phi) is 4.18. The Morgan fingerprint density at radius 3 is 3.17 bits per heavy atom. The Labute approximate surface area is 108 Å². The summed E-state index contributed by atoms with van der Waals surface area (Å²) in [6.07, 6.45) is 3.75. The van der Waals surface area contributed by atoms with E-state index in [1.165, 1.54) is 5.56 Å². The third kappa shape index (κ3) is 3.00. The number of rotatable bonds is 3. The minimum absolute atomic E-state index is 0.0130. The second-order valence-electron chi connectivity index (χ2n) is 4.73. The van der Waals surface area contributed by atoms with E-state index in [0.29, 0.717) is 6.61 Å². The SMILES string of the molecule is CCOC(=O)C1CCCN(c2cc(C)ccn2)C1. The summed E-state index contributed by atoms with van der Waals surface area (Å²) < 4.78 is 5.10. The maximum Gasteiger partial charge on any atom is 0.310 e. The standard InChI is InChI=1S/C14H20N2O2/c1-3-18-14(17)12-5-4-8-16(10-12)13-9-11(2)6-7-15-13/h6-7,9,12H,3-5,8,10H2,1-2H3. The van der Waals surface area contributed by atoms with E-state index in [1.807, 2.05) is 19.2 Å². The molecule has 0 aliphatic carbocycles. The molecule has 0 amide bonds. The fourth-order valence-corrected chi connectivity index (χ4v) is 2.33. The van der Waals surface area contributed by atoms with Gasteiger partial charge in [0.2, 0.25) is 0 Å².